The van der Waals surface area contributed by atoms with Crippen LogP contribution in [0.5, 0.6) is 5.88 Å². The lowest BCUT2D eigenvalue weighted by molar-refractivity contribution is -0.115. The van der Waals surface area contributed by atoms with Crippen molar-refractivity contribution in [1.29, 1.82) is 5.41 Å². The minimum Gasteiger partial charge on any atom is -0.474 e. The van der Waals surface area contributed by atoms with E-state index in [0.717, 1.165) is 38.8 Å². The normalized spacial score (nSPS) is 15.3. The average Bonchev–Trinajstić information content (AvgIpc) is 2.60. The van der Waals surface area contributed by atoms with Gasteiger partial charge in [0.25, 0.3) is 5.91 Å². The highest BCUT2D eigenvalue weighted by molar-refractivity contribution is 6.45. The van der Waals surface area contributed by atoms with Crippen molar-refractivity contribution >= 4 is 17.4 Å². The maximum atomic E-state index is 12.2. The number of nitrogens with one attached hydrogen (secondary N) is 3. The van der Waals surface area contributed by atoms with Crippen molar-refractivity contribution < 1.29 is 9.53 Å². The van der Waals surface area contributed by atoms with Crippen LogP contribution in [-0.4, -0.2) is 41.8 Å². The number of carbonyl (C=O) groups is 1. The van der Waals surface area contributed by atoms with Crippen LogP contribution in [0.15, 0.2) is 12.1 Å². The summed E-state index contributed by atoms with van der Waals surface area (Å²) >= 11 is 0. The average molecular weight is 333 g/mol. The summed E-state index contributed by atoms with van der Waals surface area (Å²) in [6, 6.07) is 3.39. The summed E-state index contributed by atoms with van der Waals surface area (Å²) in [5, 5.41) is 14.2. The van der Waals surface area contributed by atoms with E-state index in [-0.39, 0.29) is 23.7 Å². The standard InChI is InChI=1S/C17H27N5O2/c1-3-12(4-2)24-14-6-5-13(16(19)22-14)15(18)17(23)21-11-7-9-20-10-8-11/h5-6,11-12,18,20H,3-4,7-10H2,1-2H3,(H2,19,22)(H,21,23). The molecule has 0 aliphatic carbocycles. The Balaban J connectivity index is 2.02. The molecule has 0 radical (unpaired) electrons. The van der Waals surface area contributed by atoms with Crippen molar-refractivity contribution in [2.24, 2.45) is 0 Å². The molecule has 132 valence electrons. The molecule has 5 N–H and O–H groups in total. The molecular formula is C17H27N5O2. The summed E-state index contributed by atoms with van der Waals surface area (Å²) in [5.74, 6) is 0.157. The van der Waals surface area contributed by atoms with Gasteiger partial charge >= 0.3 is 0 Å². The maximum Gasteiger partial charge on any atom is 0.270 e. The van der Waals surface area contributed by atoms with Gasteiger partial charge < -0.3 is 21.1 Å². The Morgan fingerprint density at radius 2 is 2.08 bits per heavy atom. The number of hydrogen-bond donors (Lipinski definition) is 4. The van der Waals surface area contributed by atoms with Crippen LogP contribution in [-0.2, 0) is 4.79 Å². The second kappa shape index (κ2) is 8.63. The molecule has 0 unspecified atom stereocenters. The molecule has 7 heteroatoms. The van der Waals surface area contributed by atoms with E-state index in [0.29, 0.717) is 11.4 Å². The van der Waals surface area contributed by atoms with Crippen molar-refractivity contribution in [1.82, 2.24) is 15.6 Å². The van der Waals surface area contributed by atoms with Crippen LogP contribution in [0, 0.1) is 5.41 Å². The zero-order valence-corrected chi connectivity index (χ0v) is 14.4. The molecule has 0 aromatic carbocycles. The van der Waals surface area contributed by atoms with Gasteiger partial charge in [-0.05, 0) is 44.8 Å². The third-order valence-electron chi connectivity index (χ3n) is 4.27. The van der Waals surface area contributed by atoms with Crippen LogP contribution in [0.3, 0.4) is 0 Å². The third kappa shape index (κ3) is 4.67. The summed E-state index contributed by atoms with van der Waals surface area (Å²) in [5.41, 5.74) is 6.10. The van der Waals surface area contributed by atoms with Crippen LogP contribution in [0.25, 0.3) is 0 Å². The van der Waals surface area contributed by atoms with Crippen molar-refractivity contribution in [3.05, 3.63) is 17.7 Å². The Morgan fingerprint density at radius 3 is 2.67 bits per heavy atom. The highest BCUT2D eigenvalue weighted by Gasteiger charge is 2.21. The first kappa shape index (κ1) is 18.2. The molecule has 0 atom stereocenters. The molecule has 2 rings (SSSR count). The zero-order valence-electron chi connectivity index (χ0n) is 14.4. The van der Waals surface area contributed by atoms with Crippen LogP contribution in [0.1, 0.15) is 45.1 Å². The molecule has 1 saturated heterocycles. The number of pyridine rings is 1. The highest BCUT2D eigenvalue weighted by atomic mass is 16.5. The van der Waals surface area contributed by atoms with E-state index in [1.807, 2.05) is 13.8 Å². The minimum atomic E-state index is -0.413. The number of nitrogen functional groups attached to an aromatic ring is 1. The van der Waals surface area contributed by atoms with E-state index < -0.39 is 5.91 Å². The third-order valence-corrected chi connectivity index (χ3v) is 4.27. The fraction of sp³-hybridized carbons (Fsp3) is 0.588. The summed E-state index contributed by atoms with van der Waals surface area (Å²) in [6.07, 6.45) is 3.59. The number of ether oxygens (including phenoxy) is 1. The largest absolute Gasteiger partial charge is 0.474 e. The Labute approximate surface area is 142 Å². The molecule has 7 nitrogen and oxygen atoms in total. The topological polar surface area (TPSA) is 113 Å². The van der Waals surface area contributed by atoms with Gasteiger partial charge in [0.05, 0.1) is 6.10 Å². The molecule has 1 aliphatic heterocycles. The fourth-order valence-electron chi connectivity index (χ4n) is 2.71. The molecule has 1 fully saturated rings. The van der Waals surface area contributed by atoms with Gasteiger partial charge in [0.15, 0.2) is 0 Å². The second-order valence-corrected chi connectivity index (χ2v) is 6.01. The summed E-state index contributed by atoms with van der Waals surface area (Å²) in [6.45, 7) is 5.85. The molecular weight excluding hydrogens is 306 g/mol. The summed E-state index contributed by atoms with van der Waals surface area (Å²) in [7, 11) is 0. The minimum absolute atomic E-state index is 0.0883. The second-order valence-electron chi connectivity index (χ2n) is 6.01. The van der Waals surface area contributed by atoms with Gasteiger partial charge in [0.1, 0.15) is 11.5 Å². The van der Waals surface area contributed by atoms with Crippen molar-refractivity contribution in [3.63, 3.8) is 0 Å². The predicted molar refractivity (Wildman–Crippen MR) is 94.5 cm³/mol. The lowest BCUT2D eigenvalue weighted by atomic mass is 10.1. The first-order valence-corrected chi connectivity index (χ1v) is 8.58. The number of anilines is 1. The monoisotopic (exact) mass is 333 g/mol. The van der Waals surface area contributed by atoms with E-state index in [9.17, 15) is 4.79 Å². The van der Waals surface area contributed by atoms with E-state index in [2.05, 4.69) is 15.6 Å². The Hall–Kier alpha value is -2.15. The number of nitrogens with two attached hydrogens (primary N) is 1. The Kier molecular flexibility index (Phi) is 6.54. The van der Waals surface area contributed by atoms with E-state index in [1.165, 1.54) is 0 Å². The summed E-state index contributed by atoms with van der Waals surface area (Å²) in [4.78, 5) is 16.4. The molecule has 0 saturated carbocycles. The quantitative estimate of drug-likeness (QED) is 0.564. The highest BCUT2D eigenvalue weighted by Crippen LogP contribution is 2.18. The number of rotatable bonds is 7. The van der Waals surface area contributed by atoms with E-state index in [4.69, 9.17) is 15.9 Å². The van der Waals surface area contributed by atoms with Gasteiger partial charge in [-0.2, -0.15) is 4.98 Å². The Morgan fingerprint density at radius 1 is 1.42 bits per heavy atom. The summed E-state index contributed by atoms with van der Waals surface area (Å²) < 4.78 is 5.74. The van der Waals surface area contributed by atoms with E-state index >= 15 is 0 Å². The molecule has 1 aromatic rings. The first-order chi connectivity index (χ1) is 11.5. The van der Waals surface area contributed by atoms with Crippen molar-refractivity contribution in [3.8, 4) is 5.88 Å². The lowest BCUT2D eigenvalue weighted by Gasteiger charge is -2.23. The number of aromatic nitrogens is 1. The lowest BCUT2D eigenvalue weighted by Crippen LogP contribution is -2.45. The predicted octanol–water partition coefficient (Wildman–Crippen LogP) is 1.47. The number of carbonyl (C=O) groups excluding carboxylic acids is 1. The van der Waals surface area contributed by atoms with Gasteiger partial charge in [-0.15, -0.1) is 0 Å². The van der Waals surface area contributed by atoms with Gasteiger partial charge in [-0.25, -0.2) is 0 Å². The van der Waals surface area contributed by atoms with E-state index in [1.54, 1.807) is 12.1 Å². The number of nitrogens with zero attached hydrogens (tertiary/aromatic N) is 1. The number of amides is 1. The molecule has 1 aliphatic rings. The van der Waals surface area contributed by atoms with Crippen LogP contribution < -0.4 is 21.1 Å². The first-order valence-electron chi connectivity index (χ1n) is 8.58. The van der Waals surface area contributed by atoms with Gasteiger partial charge in [-0.3, -0.25) is 10.2 Å². The van der Waals surface area contributed by atoms with Crippen LogP contribution >= 0.6 is 0 Å². The number of hydrogen-bond acceptors (Lipinski definition) is 6. The van der Waals surface area contributed by atoms with Crippen molar-refractivity contribution in [2.45, 2.75) is 51.7 Å². The van der Waals surface area contributed by atoms with Gasteiger partial charge in [-0.1, -0.05) is 13.8 Å². The molecule has 24 heavy (non-hydrogen) atoms. The van der Waals surface area contributed by atoms with Crippen LogP contribution in [0.2, 0.25) is 0 Å². The molecule has 0 spiro atoms. The molecule has 1 amide bonds. The van der Waals surface area contributed by atoms with Gasteiger partial charge in [0.2, 0.25) is 5.88 Å². The fourth-order valence-corrected chi connectivity index (χ4v) is 2.71. The molecule has 0 bridgehead atoms. The Bertz CT molecular complexity index is 580. The maximum absolute atomic E-state index is 12.2. The molecule has 1 aromatic heterocycles. The van der Waals surface area contributed by atoms with Crippen LogP contribution in [0.4, 0.5) is 5.82 Å². The molecule has 2 heterocycles. The smallest absolute Gasteiger partial charge is 0.270 e. The number of piperidine rings is 1. The SMILES string of the molecule is CCC(CC)Oc1ccc(C(=N)C(=O)NC2CCNCC2)c(N)n1. The zero-order chi connectivity index (χ0) is 17.5. The van der Waals surface area contributed by atoms with Crippen molar-refractivity contribution in [2.75, 3.05) is 18.8 Å². The van der Waals surface area contributed by atoms with Gasteiger partial charge in [0, 0.05) is 17.7 Å².